The molecule has 5 rings (SSSR count). The van der Waals surface area contributed by atoms with Gasteiger partial charge in [-0.3, -0.25) is 4.68 Å². The molecule has 4 heterocycles. The fourth-order valence-corrected chi connectivity index (χ4v) is 4.28. The number of rotatable bonds is 1. The lowest BCUT2D eigenvalue weighted by atomic mass is 9.84. The fourth-order valence-electron chi connectivity index (χ4n) is 4.28. The van der Waals surface area contributed by atoms with Gasteiger partial charge in [0.05, 0.1) is 30.0 Å². The average Bonchev–Trinajstić information content (AvgIpc) is 3.25. The second-order valence-electron chi connectivity index (χ2n) is 6.45. The van der Waals surface area contributed by atoms with E-state index in [-0.39, 0.29) is 12.0 Å². The minimum Gasteiger partial charge on any atom is -0.386 e. The number of fused-ring (bicyclic) bond motifs is 4. The molecule has 0 radical (unpaired) electrons. The summed E-state index contributed by atoms with van der Waals surface area (Å²) in [7, 11) is 0. The molecule has 5 heteroatoms. The standard InChI is InChI=1S/C18H18N4O/c23-18-14(6-3-9-22-15(18)7-8-20-22)17-13-5-2-1-4-12(13)16-10-19-11-21(16)17/h1-2,4-5,7-8,10-11,14,17-18,23H,3,6,9H2/t14-,17?,18-/m1/s1. The van der Waals surface area contributed by atoms with Crippen molar-refractivity contribution in [3.63, 3.8) is 0 Å². The fraction of sp³-hybridized carbons (Fsp3) is 0.333. The molecular weight excluding hydrogens is 288 g/mol. The van der Waals surface area contributed by atoms with Crippen LogP contribution >= 0.6 is 0 Å². The van der Waals surface area contributed by atoms with Crippen LogP contribution in [0, 0.1) is 5.92 Å². The zero-order valence-corrected chi connectivity index (χ0v) is 12.7. The zero-order valence-electron chi connectivity index (χ0n) is 12.7. The maximum absolute atomic E-state index is 11.0. The first-order valence-corrected chi connectivity index (χ1v) is 8.15. The molecule has 0 fully saturated rings. The quantitative estimate of drug-likeness (QED) is 0.752. The maximum atomic E-state index is 11.0. The highest BCUT2D eigenvalue weighted by Gasteiger charge is 2.39. The van der Waals surface area contributed by atoms with Gasteiger partial charge in [0.2, 0.25) is 0 Å². The lowest BCUT2D eigenvalue weighted by Gasteiger charge is -2.28. The summed E-state index contributed by atoms with van der Waals surface area (Å²) in [5, 5.41) is 15.4. The van der Waals surface area contributed by atoms with Crippen molar-refractivity contribution in [2.24, 2.45) is 5.92 Å². The van der Waals surface area contributed by atoms with E-state index in [0.29, 0.717) is 0 Å². The van der Waals surface area contributed by atoms with Crippen LogP contribution in [0.4, 0.5) is 0 Å². The second-order valence-corrected chi connectivity index (χ2v) is 6.45. The van der Waals surface area contributed by atoms with E-state index < -0.39 is 6.10 Å². The molecule has 0 bridgehead atoms. The molecule has 116 valence electrons. The summed E-state index contributed by atoms with van der Waals surface area (Å²) in [5.74, 6) is 0.129. The third kappa shape index (κ3) is 1.77. The van der Waals surface area contributed by atoms with Crippen LogP contribution in [-0.4, -0.2) is 24.4 Å². The highest BCUT2D eigenvalue weighted by Crippen LogP contribution is 2.48. The van der Waals surface area contributed by atoms with E-state index in [0.717, 1.165) is 30.8 Å². The first-order valence-electron chi connectivity index (χ1n) is 8.15. The number of benzene rings is 1. The summed E-state index contributed by atoms with van der Waals surface area (Å²) >= 11 is 0. The van der Waals surface area contributed by atoms with Gasteiger partial charge in [-0.25, -0.2) is 4.98 Å². The number of imidazole rings is 1. The van der Waals surface area contributed by atoms with Gasteiger partial charge >= 0.3 is 0 Å². The van der Waals surface area contributed by atoms with Gasteiger partial charge < -0.3 is 9.67 Å². The van der Waals surface area contributed by atoms with Crippen LogP contribution in [0.1, 0.15) is 36.2 Å². The Balaban J connectivity index is 1.65. The molecule has 3 aromatic rings. The Morgan fingerprint density at radius 1 is 1.17 bits per heavy atom. The first kappa shape index (κ1) is 13.1. The van der Waals surface area contributed by atoms with E-state index >= 15 is 0 Å². The van der Waals surface area contributed by atoms with E-state index in [1.807, 2.05) is 23.3 Å². The monoisotopic (exact) mass is 306 g/mol. The van der Waals surface area contributed by atoms with Crippen LogP contribution in [0.3, 0.4) is 0 Å². The van der Waals surface area contributed by atoms with Gasteiger partial charge in [0.25, 0.3) is 0 Å². The molecule has 0 saturated heterocycles. The van der Waals surface area contributed by atoms with Gasteiger partial charge in [-0.2, -0.15) is 5.10 Å². The van der Waals surface area contributed by atoms with Crippen LogP contribution in [0.25, 0.3) is 11.3 Å². The van der Waals surface area contributed by atoms with Gasteiger partial charge in [0.1, 0.15) is 6.10 Å². The second kappa shape index (κ2) is 4.80. The summed E-state index contributed by atoms with van der Waals surface area (Å²) < 4.78 is 4.17. The van der Waals surface area contributed by atoms with E-state index in [9.17, 15) is 5.11 Å². The molecule has 1 unspecified atom stereocenters. The minimum absolute atomic E-state index is 0.129. The van der Waals surface area contributed by atoms with Gasteiger partial charge in [-0.15, -0.1) is 0 Å². The molecule has 2 aromatic heterocycles. The van der Waals surface area contributed by atoms with Crippen molar-refractivity contribution in [3.8, 4) is 11.3 Å². The van der Waals surface area contributed by atoms with Crippen molar-refractivity contribution >= 4 is 0 Å². The molecule has 3 atom stereocenters. The Kier molecular flexibility index (Phi) is 2.73. The topological polar surface area (TPSA) is 55.9 Å². The molecule has 2 aliphatic rings. The van der Waals surface area contributed by atoms with Crippen molar-refractivity contribution < 1.29 is 5.11 Å². The van der Waals surface area contributed by atoms with Gasteiger partial charge in [-0.1, -0.05) is 24.3 Å². The molecule has 2 aliphatic heterocycles. The van der Waals surface area contributed by atoms with Gasteiger partial charge in [0, 0.05) is 24.2 Å². The first-order chi connectivity index (χ1) is 11.3. The van der Waals surface area contributed by atoms with Crippen LogP contribution in [-0.2, 0) is 6.54 Å². The Morgan fingerprint density at radius 2 is 2.09 bits per heavy atom. The summed E-state index contributed by atoms with van der Waals surface area (Å²) in [6.07, 6.45) is 7.10. The summed E-state index contributed by atoms with van der Waals surface area (Å²) in [4.78, 5) is 4.33. The predicted octanol–water partition coefficient (Wildman–Crippen LogP) is 2.79. The van der Waals surface area contributed by atoms with Crippen LogP contribution in [0.5, 0.6) is 0 Å². The molecule has 0 saturated carbocycles. The smallest absolute Gasteiger partial charge is 0.101 e. The normalized spacial score (nSPS) is 25.5. The lowest BCUT2D eigenvalue weighted by Crippen LogP contribution is -2.23. The van der Waals surface area contributed by atoms with Crippen LogP contribution in [0.2, 0.25) is 0 Å². The third-order valence-corrected chi connectivity index (χ3v) is 5.29. The average molecular weight is 306 g/mol. The van der Waals surface area contributed by atoms with Crippen molar-refractivity contribution in [2.45, 2.75) is 31.5 Å². The Labute approximate surface area is 134 Å². The minimum atomic E-state index is -0.508. The summed E-state index contributed by atoms with van der Waals surface area (Å²) in [5.41, 5.74) is 4.61. The van der Waals surface area contributed by atoms with Gasteiger partial charge in [0.15, 0.2) is 0 Å². The molecule has 1 aromatic carbocycles. The molecule has 0 spiro atoms. The van der Waals surface area contributed by atoms with E-state index in [4.69, 9.17) is 0 Å². The molecular formula is C18H18N4O. The molecule has 0 amide bonds. The van der Waals surface area contributed by atoms with Gasteiger partial charge in [-0.05, 0) is 24.5 Å². The van der Waals surface area contributed by atoms with Crippen LogP contribution in [0.15, 0.2) is 49.1 Å². The predicted molar refractivity (Wildman–Crippen MR) is 85.7 cm³/mol. The third-order valence-electron chi connectivity index (χ3n) is 5.29. The summed E-state index contributed by atoms with van der Waals surface area (Å²) in [6.45, 7) is 0.876. The SMILES string of the molecule is O[C@H]1c2ccnn2CCC[C@@H]1C1c2ccccc2-c2cncn21. The molecule has 1 N–H and O–H groups in total. The molecule has 0 aliphatic carbocycles. The maximum Gasteiger partial charge on any atom is 0.101 e. The van der Waals surface area contributed by atoms with Crippen molar-refractivity contribution in [1.29, 1.82) is 0 Å². The van der Waals surface area contributed by atoms with Crippen molar-refractivity contribution in [1.82, 2.24) is 19.3 Å². The Morgan fingerprint density at radius 3 is 3.04 bits per heavy atom. The number of nitrogens with zero attached hydrogens (tertiary/aromatic N) is 4. The lowest BCUT2D eigenvalue weighted by molar-refractivity contribution is 0.0799. The Hall–Kier alpha value is -2.40. The molecule has 5 nitrogen and oxygen atoms in total. The number of hydrogen-bond donors (Lipinski definition) is 1. The number of aliphatic hydroxyl groups is 1. The molecule has 23 heavy (non-hydrogen) atoms. The largest absolute Gasteiger partial charge is 0.386 e. The van der Waals surface area contributed by atoms with Crippen molar-refractivity contribution in [2.75, 3.05) is 0 Å². The zero-order chi connectivity index (χ0) is 15.4. The number of aliphatic hydroxyl groups excluding tert-OH is 1. The number of aryl methyl sites for hydroxylation is 1. The Bertz CT molecular complexity index is 865. The van der Waals surface area contributed by atoms with Crippen LogP contribution < -0.4 is 0 Å². The van der Waals surface area contributed by atoms with E-state index in [1.54, 1.807) is 6.20 Å². The van der Waals surface area contributed by atoms with E-state index in [1.165, 1.54) is 11.1 Å². The highest BCUT2D eigenvalue weighted by atomic mass is 16.3. The number of hydrogen-bond acceptors (Lipinski definition) is 3. The highest BCUT2D eigenvalue weighted by molar-refractivity contribution is 5.69. The van der Waals surface area contributed by atoms with Crippen molar-refractivity contribution in [3.05, 3.63) is 60.3 Å². The van der Waals surface area contributed by atoms with E-state index in [2.05, 4.69) is 38.9 Å². The number of aromatic nitrogens is 4. The summed E-state index contributed by atoms with van der Waals surface area (Å²) in [6, 6.07) is 10.6.